The highest BCUT2D eigenvalue weighted by Crippen LogP contribution is 2.29. The summed E-state index contributed by atoms with van der Waals surface area (Å²) in [5, 5.41) is 10.2. The quantitative estimate of drug-likeness (QED) is 0.837. The molecule has 2 rings (SSSR count). The van der Waals surface area contributed by atoms with E-state index in [0.29, 0.717) is 0 Å². The highest BCUT2D eigenvalue weighted by Gasteiger charge is 2.19. The first-order valence-corrected chi connectivity index (χ1v) is 6.89. The van der Waals surface area contributed by atoms with Crippen LogP contribution in [0.5, 0.6) is 0 Å². The first-order chi connectivity index (χ1) is 8.15. The lowest BCUT2D eigenvalue weighted by molar-refractivity contribution is 0.143. The summed E-state index contributed by atoms with van der Waals surface area (Å²) in [6.07, 6.45) is 7.03. The third-order valence-corrected chi connectivity index (χ3v) is 4.04. The molecule has 1 unspecified atom stereocenters. The minimum atomic E-state index is -0.154. The standard InChI is InChI=1S/C16H24O/c1-12-7-8-13(2)15(9-12)11-16(17)10-14-5-3-4-6-14/h7-9,14,16-17H,3-6,10-11H2,1-2H3. The molecule has 17 heavy (non-hydrogen) atoms. The number of aliphatic hydroxyl groups is 1. The van der Waals surface area contributed by atoms with E-state index in [2.05, 4.69) is 32.0 Å². The Labute approximate surface area is 105 Å². The Balaban J connectivity index is 1.92. The van der Waals surface area contributed by atoms with Crippen molar-refractivity contribution in [3.05, 3.63) is 34.9 Å². The summed E-state index contributed by atoms with van der Waals surface area (Å²) >= 11 is 0. The maximum Gasteiger partial charge on any atom is 0.0583 e. The van der Waals surface area contributed by atoms with Gasteiger partial charge in [0.2, 0.25) is 0 Å². The third-order valence-electron chi connectivity index (χ3n) is 4.04. The Morgan fingerprint density at radius 2 is 1.94 bits per heavy atom. The van der Waals surface area contributed by atoms with E-state index in [9.17, 15) is 5.11 Å². The van der Waals surface area contributed by atoms with Crippen molar-refractivity contribution in [2.45, 2.75) is 58.5 Å². The first kappa shape index (κ1) is 12.6. The van der Waals surface area contributed by atoms with Crippen LogP contribution in [-0.2, 0) is 6.42 Å². The molecule has 0 heterocycles. The first-order valence-electron chi connectivity index (χ1n) is 6.89. The van der Waals surface area contributed by atoms with Crippen LogP contribution in [0.1, 0.15) is 48.8 Å². The van der Waals surface area contributed by atoms with Gasteiger partial charge in [0.1, 0.15) is 0 Å². The van der Waals surface area contributed by atoms with Crippen molar-refractivity contribution in [2.24, 2.45) is 5.92 Å². The van der Waals surface area contributed by atoms with Gasteiger partial charge in [-0.1, -0.05) is 49.4 Å². The van der Waals surface area contributed by atoms with Crippen LogP contribution in [0.4, 0.5) is 0 Å². The molecule has 94 valence electrons. The van der Waals surface area contributed by atoms with Crippen LogP contribution in [0.15, 0.2) is 18.2 Å². The lowest BCUT2D eigenvalue weighted by Gasteiger charge is -2.16. The maximum atomic E-state index is 10.2. The molecule has 0 aliphatic heterocycles. The highest BCUT2D eigenvalue weighted by atomic mass is 16.3. The van der Waals surface area contributed by atoms with Gasteiger partial charge in [-0.2, -0.15) is 0 Å². The predicted molar refractivity (Wildman–Crippen MR) is 72.2 cm³/mol. The van der Waals surface area contributed by atoms with Gasteiger partial charge in [-0.15, -0.1) is 0 Å². The number of aryl methyl sites for hydroxylation is 2. The fraction of sp³-hybridized carbons (Fsp3) is 0.625. The largest absolute Gasteiger partial charge is 0.393 e. The molecule has 0 radical (unpaired) electrons. The fourth-order valence-electron chi connectivity index (χ4n) is 2.99. The molecule has 1 aromatic rings. The molecule has 1 aromatic carbocycles. The van der Waals surface area contributed by atoms with Crippen molar-refractivity contribution in [1.82, 2.24) is 0 Å². The molecule has 1 aliphatic carbocycles. The van der Waals surface area contributed by atoms with Crippen molar-refractivity contribution in [3.63, 3.8) is 0 Å². The molecule has 0 bridgehead atoms. The van der Waals surface area contributed by atoms with E-state index >= 15 is 0 Å². The number of rotatable bonds is 4. The molecule has 0 spiro atoms. The fourth-order valence-corrected chi connectivity index (χ4v) is 2.99. The van der Waals surface area contributed by atoms with E-state index in [4.69, 9.17) is 0 Å². The van der Waals surface area contributed by atoms with Crippen LogP contribution in [0.25, 0.3) is 0 Å². The summed E-state index contributed by atoms with van der Waals surface area (Å²) < 4.78 is 0. The summed E-state index contributed by atoms with van der Waals surface area (Å²) in [6, 6.07) is 6.52. The molecule has 1 aliphatic rings. The number of benzene rings is 1. The summed E-state index contributed by atoms with van der Waals surface area (Å²) in [6.45, 7) is 4.25. The van der Waals surface area contributed by atoms with Gasteiger partial charge in [0.05, 0.1) is 6.10 Å². The van der Waals surface area contributed by atoms with E-state index in [0.717, 1.165) is 18.8 Å². The van der Waals surface area contributed by atoms with Crippen molar-refractivity contribution >= 4 is 0 Å². The van der Waals surface area contributed by atoms with Gasteiger partial charge in [0.15, 0.2) is 0 Å². The molecule has 1 atom stereocenters. The van der Waals surface area contributed by atoms with Gasteiger partial charge < -0.3 is 5.11 Å². The Morgan fingerprint density at radius 1 is 1.24 bits per heavy atom. The van der Waals surface area contributed by atoms with Crippen LogP contribution in [0.2, 0.25) is 0 Å². The minimum Gasteiger partial charge on any atom is -0.393 e. The summed E-state index contributed by atoms with van der Waals surface area (Å²) in [5.74, 6) is 0.773. The molecule has 1 saturated carbocycles. The molecule has 1 N–H and O–H groups in total. The van der Waals surface area contributed by atoms with Crippen molar-refractivity contribution in [1.29, 1.82) is 0 Å². The molecule has 1 fully saturated rings. The molecule has 0 aromatic heterocycles. The van der Waals surface area contributed by atoms with Crippen molar-refractivity contribution in [2.75, 3.05) is 0 Å². The van der Waals surface area contributed by atoms with Crippen molar-refractivity contribution in [3.8, 4) is 0 Å². The van der Waals surface area contributed by atoms with Gasteiger partial charge in [0.25, 0.3) is 0 Å². The van der Waals surface area contributed by atoms with Gasteiger partial charge in [-0.25, -0.2) is 0 Å². The normalized spacial score (nSPS) is 18.5. The lowest BCUT2D eigenvalue weighted by Crippen LogP contribution is -2.15. The van der Waals surface area contributed by atoms with Gasteiger partial charge in [-0.3, -0.25) is 0 Å². The number of hydrogen-bond acceptors (Lipinski definition) is 1. The molecule has 0 saturated heterocycles. The van der Waals surface area contributed by atoms with E-state index in [1.165, 1.54) is 42.4 Å². The van der Waals surface area contributed by atoms with Crippen LogP contribution in [0, 0.1) is 19.8 Å². The van der Waals surface area contributed by atoms with E-state index in [-0.39, 0.29) is 6.10 Å². The van der Waals surface area contributed by atoms with Gasteiger partial charge in [0, 0.05) is 0 Å². The van der Waals surface area contributed by atoms with E-state index in [1.807, 2.05) is 0 Å². The van der Waals surface area contributed by atoms with Crippen LogP contribution in [-0.4, -0.2) is 11.2 Å². The summed E-state index contributed by atoms with van der Waals surface area (Å²) in [4.78, 5) is 0. The Hall–Kier alpha value is -0.820. The van der Waals surface area contributed by atoms with E-state index < -0.39 is 0 Å². The average molecular weight is 232 g/mol. The van der Waals surface area contributed by atoms with Gasteiger partial charge in [-0.05, 0) is 43.7 Å². The van der Waals surface area contributed by atoms with E-state index in [1.54, 1.807) is 0 Å². The zero-order valence-electron chi connectivity index (χ0n) is 11.1. The monoisotopic (exact) mass is 232 g/mol. The zero-order valence-corrected chi connectivity index (χ0v) is 11.1. The average Bonchev–Trinajstić information content (AvgIpc) is 2.76. The summed E-state index contributed by atoms with van der Waals surface area (Å²) in [5.41, 5.74) is 3.91. The predicted octanol–water partition coefficient (Wildman–Crippen LogP) is 3.79. The maximum absolute atomic E-state index is 10.2. The molecule has 1 nitrogen and oxygen atoms in total. The van der Waals surface area contributed by atoms with Crippen LogP contribution < -0.4 is 0 Å². The minimum absolute atomic E-state index is 0.154. The molecular formula is C16H24O. The van der Waals surface area contributed by atoms with Crippen LogP contribution in [0.3, 0.4) is 0 Å². The topological polar surface area (TPSA) is 20.2 Å². The SMILES string of the molecule is Cc1ccc(C)c(CC(O)CC2CCCC2)c1. The van der Waals surface area contributed by atoms with Gasteiger partial charge >= 0.3 is 0 Å². The number of hydrogen-bond donors (Lipinski definition) is 1. The second-order valence-electron chi connectivity index (χ2n) is 5.67. The zero-order chi connectivity index (χ0) is 12.3. The summed E-state index contributed by atoms with van der Waals surface area (Å²) in [7, 11) is 0. The van der Waals surface area contributed by atoms with Crippen LogP contribution >= 0.6 is 0 Å². The highest BCUT2D eigenvalue weighted by molar-refractivity contribution is 5.30. The van der Waals surface area contributed by atoms with Crippen molar-refractivity contribution < 1.29 is 5.11 Å². The molecule has 1 heteroatoms. The molecular weight excluding hydrogens is 208 g/mol. The Morgan fingerprint density at radius 3 is 2.65 bits per heavy atom. The Bertz CT molecular complexity index is 364. The second kappa shape index (κ2) is 5.68. The Kier molecular flexibility index (Phi) is 4.22. The third kappa shape index (κ3) is 3.57. The number of aliphatic hydroxyl groups excluding tert-OH is 1. The second-order valence-corrected chi connectivity index (χ2v) is 5.67. The smallest absolute Gasteiger partial charge is 0.0583 e. The molecule has 0 amide bonds. The lowest BCUT2D eigenvalue weighted by atomic mass is 9.93.